The summed E-state index contributed by atoms with van der Waals surface area (Å²) in [5.74, 6) is -0.556. The van der Waals surface area contributed by atoms with Crippen LogP contribution in [0.2, 0.25) is 0 Å². The summed E-state index contributed by atoms with van der Waals surface area (Å²) in [5, 5.41) is 4.47. The molecule has 72 valence electrons. The second-order valence-corrected chi connectivity index (χ2v) is 3.75. The van der Waals surface area contributed by atoms with Crippen LogP contribution in [0, 0.1) is 5.82 Å². The first kappa shape index (κ1) is 9.33. The molecule has 0 atom stereocenters. The molecule has 0 fully saturated rings. The number of hydrogen-bond donors (Lipinski definition) is 0. The first-order valence-electron chi connectivity index (χ1n) is 3.93. The van der Waals surface area contributed by atoms with Crippen molar-refractivity contribution >= 4 is 32.7 Å². The van der Waals surface area contributed by atoms with Crippen LogP contribution in [0.15, 0.2) is 22.8 Å². The van der Waals surface area contributed by atoms with Crippen LogP contribution >= 0.6 is 15.9 Å². The molecule has 0 aliphatic heterocycles. The summed E-state index contributed by atoms with van der Waals surface area (Å²) < 4.78 is 14.7. The van der Waals surface area contributed by atoms with E-state index in [1.165, 1.54) is 23.9 Å². The summed E-state index contributed by atoms with van der Waals surface area (Å²) >= 11 is 3.06. The Bertz CT molecular complexity index is 521. The molecule has 0 bridgehead atoms. The van der Waals surface area contributed by atoms with E-state index < -0.39 is 0 Å². The Balaban J connectivity index is 2.80. The van der Waals surface area contributed by atoms with E-state index in [0.717, 1.165) is 0 Å². The van der Waals surface area contributed by atoms with E-state index >= 15 is 0 Å². The molecule has 0 aliphatic carbocycles. The molecule has 0 saturated carbocycles. The second-order valence-electron chi connectivity index (χ2n) is 2.90. The van der Waals surface area contributed by atoms with Gasteiger partial charge in [0.2, 0.25) is 5.91 Å². The van der Waals surface area contributed by atoms with Crippen molar-refractivity contribution in [1.82, 2.24) is 9.78 Å². The Hall–Kier alpha value is -1.23. The third-order valence-corrected chi connectivity index (χ3v) is 2.52. The molecule has 0 N–H and O–H groups in total. The quantitative estimate of drug-likeness (QED) is 0.727. The first-order valence-corrected chi connectivity index (χ1v) is 4.72. The van der Waals surface area contributed by atoms with Crippen molar-refractivity contribution < 1.29 is 9.18 Å². The summed E-state index contributed by atoms with van der Waals surface area (Å²) in [6, 6.07) is 2.88. The lowest BCUT2D eigenvalue weighted by Crippen LogP contribution is -2.06. The fraction of sp³-hybridized carbons (Fsp3) is 0.111. The maximum Gasteiger partial charge on any atom is 0.244 e. The second kappa shape index (κ2) is 3.16. The average Bonchev–Trinajstić information content (AvgIpc) is 2.48. The number of aromatic nitrogens is 2. The molecule has 2 aromatic rings. The first-order chi connectivity index (χ1) is 6.59. The number of carbonyl (C=O) groups is 1. The third-order valence-electron chi connectivity index (χ3n) is 1.91. The SMILES string of the molecule is CC(=O)n1ncc2cc(F)c(Br)cc21. The van der Waals surface area contributed by atoms with Crippen LogP contribution in [0.3, 0.4) is 0 Å². The fourth-order valence-corrected chi connectivity index (χ4v) is 1.60. The number of hydrogen-bond acceptors (Lipinski definition) is 2. The van der Waals surface area contributed by atoms with Crippen molar-refractivity contribution in [1.29, 1.82) is 0 Å². The van der Waals surface area contributed by atoms with Gasteiger partial charge in [0.1, 0.15) is 5.82 Å². The molecule has 5 heteroatoms. The number of carbonyl (C=O) groups excluding carboxylic acids is 1. The zero-order valence-electron chi connectivity index (χ0n) is 7.29. The summed E-state index contributed by atoms with van der Waals surface area (Å²) in [6.07, 6.45) is 1.46. The van der Waals surface area contributed by atoms with Gasteiger partial charge in [0.25, 0.3) is 0 Å². The molecule has 1 aromatic carbocycles. The van der Waals surface area contributed by atoms with Gasteiger partial charge in [-0.15, -0.1) is 0 Å². The summed E-state index contributed by atoms with van der Waals surface area (Å²) in [5.41, 5.74) is 0.603. The van der Waals surface area contributed by atoms with E-state index in [0.29, 0.717) is 15.4 Å². The van der Waals surface area contributed by atoms with E-state index in [1.807, 2.05) is 0 Å². The van der Waals surface area contributed by atoms with Gasteiger partial charge < -0.3 is 0 Å². The highest BCUT2D eigenvalue weighted by Gasteiger charge is 2.09. The minimum Gasteiger partial charge on any atom is -0.273 e. The lowest BCUT2D eigenvalue weighted by Gasteiger charge is -1.98. The van der Waals surface area contributed by atoms with Crippen LogP contribution in [-0.4, -0.2) is 15.7 Å². The van der Waals surface area contributed by atoms with Crippen molar-refractivity contribution in [3.05, 3.63) is 28.6 Å². The Kier molecular flexibility index (Phi) is 2.11. The molecule has 0 radical (unpaired) electrons. The molecule has 0 amide bonds. The van der Waals surface area contributed by atoms with E-state index in [9.17, 15) is 9.18 Å². The summed E-state index contributed by atoms with van der Waals surface area (Å²) in [4.78, 5) is 11.1. The molecular weight excluding hydrogens is 251 g/mol. The normalized spacial score (nSPS) is 10.8. The Labute approximate surface area is 87.6 Å². The van der Waals surface area contributed by atoms with Gasteiger partial charge in [-0.25, -0.2) is 9.07 Å². The van der Waals surface area contributed by atoms with Gasteiger partial charge in [0.15, 0.2) is 0 Å². The van der Waals surface area contributed by atoms with E-state index in [2.05, 4.69) is 21.0 Å². The molecule has 1 aromatic heterocycles. The van der Waals surface area contributed by atoms with Crippen LogP contribution < -0.4 is 0 Å². The third kappa shape index (κ3) is 1.33. The number of rotatable bonds is 0. The number of nitrogens with zero attached hydrogens (tertiary/aromatic N) is 2. The molecule has 3 nitrogen and oxygen atoms in total. The van der Waals surface area contributed by atoms with Gasteiger partial charge in [-0.3, -0.25) is 4.79 Å². The van der Waals surface area contributed by atoms with E-state index in [1.54, 1.807) is 6.07 Å². The standard InChI is InChI=1S/C9H6BrFN2O/c1-5(14)13-9-3-7(10)8(11)2-6(9)4-12-13/h2-4H,1H3. The van der Waals surface area contributed by atoms with Crippen LogP contribution in [0.25, 0.3) is 10.9 Å². The largest absolute Gasteiger partial charge is 0.273 e. The highest BCUT2D eigenvalue weighted by molar-refractivity contribution is 9.10. The molecule has 14 heavy (non-hydrogen) atoms. The van der Waals surface area contributed by atoms with E-state index in [4.69, 9.17) is 0 Å². The van der Waals surface area contributed by atoms with Crippen molar-refractivity contribution in [2.45, 2.75) is 6.92 Å². The minimum atomic E-state index is -0.361. The van der Waals surface area contributed by atoms with Gasteiger partial charge in [-0.05, 0) is 28.1 Å². The van der Waals surface area contributed by atoms with Gasteiger partial charge in [-0.2, -0.15) is 5.10 Å². The van der Waals surface area contributed by atoms with Crippen LogP contribution in [0.4, 0.5) is 4.39 Å². The fourth-order valence-electron chi connectivity index (χ4n) is 1.27. The highest BCUT2D eigenvalue weighted by atomic mass is 79.9. The van der Waals surface area contributed by atoms with Gasteiger partial charge in [0, 0.05) is 12.3 Å². The number of fused-ring (bicyclic) bond motifs is 1. The molecule has 0 saturated heterocycles. The molecule has 2 rings (SSSR count). The Morgan fingerprint density at radius 1 is 1.57 bits per heavy atom. The number of benzene rings is 1. The zero-order chi connectivity index (χ0) is 10.3. The Morgan fingerprint density at radius 2 is 2.29 bits per heavy atom. The lowest BCUT2D eigenvalue weighted by atomic mass is 10.2. The van der Waals surface area contributed by atoms with Crippen molar-refractivity contribution in [2.24, 2.45) is 0 Å². The van der Waals surface area contributed by atoms with Crippen molar-refractivity contribution in [3.63, 3.8) is 0 Å². The average molecular weight is 257 g/mol. The predicted octanol–water partition coefficient (Wildman–Crippen LogP) is 2.60. The van der Waals surface area contributed by atoms with Crippen molar-refractivity contribution in [3.8, 4) is 0 Å². The lowest BCUT2D eigenvalue weighted by molar-refractivity contribution is 0.0927. The zero-order valence-corrected chi connectivity index (χ0v) is 8.88. The molecular formula is C9H6BrFN2O. The molecule has 0 aliphatic rings. The summed E-state index contributed by atoms with van der Waals surface area (Å²) in [7, 11) is 0. The van der Waals surface area contributed by atoms with Crippen molar-refractivity contribution in [2.75, 3.05) is 0 Å². The predicted molar refractivity (Wildman–Crippen MR) is 53.7 cm³/mol. The topological polar surface area (TPSA) is 34.9 Å². The number of halogens is 2. The molecule has 0 spiro atoms. The van der Waals surface area contributed by atoms with Gasteiger partial charge in [-0.1, -0.05) is 0 Å². The highest BCUT2D eigenvalue weighted by Crippen LogP contribution is 2.22. The Morgan fingerprint density at radius 3 is 2.93 bits per heavy atom. The van der Waals surface area contributed by atoms with Crippen LogP contribution in [-0.2, 0) is 0 Å². The molecule has 0 unspecified atom stereocenters. The maximum atomic E-state index is 13.1. The monoisotopic (exact) mass is 256 g/mol. The van der Waals surface area contributed by atoms with Crippen LogP contribution in [0.5, 0.6) is 0 Å². The summed E-state index contributed by atoms with van der Waals surface area (Å²) in [6.45, 7) is 1.41. The van der Waals surface area contributed by atoms with Crippen LogP contribution in [0.1, 0.15) is 11.7 Å². The van der Waals surface area contributed by atoms with E-state index in [-0.39, 0.29) is 11.7 Å². The smallest absolute Gasteiger partial charge is 0.244 e. The molecule has 1 heterocycles. The van der Waals surface area contributed by atoms with Gasteiger partial charge in [0.05, 0.1) is 16.2 Å². The maximum absolute atomic E-state index is 13.1. The minimum absolute atomic E-state index is 0.196. The van der Waals surface area contributed by atoms with Gasteiger partial charge >= 0.3 is 0 Å².